The molecule has 3 heterocycles. The van der Waals surface area contributed by atoms with Gasteiger partial charge in [0.05, 0.1) is 12.6 Å². The third-order valence-electron chi connectivity index (χ3n) is 4.74. The molecule has 144 valence electrons. The summed E-state index contributed by atoms with van der Waals surface area (Å²) in [6, 6.07) is 5.65. The van der Waals surface area contributed by atoms with Gasteiger partial charge in [-0.05, 0) is 49.9 Å². The number of carbonyl (C=O) groups excluding carboxylic acids is 1. The maximum atomic E-state index is 12.7. The van der Waals surface area contributed by atoms with Crippen molar-refractivity contribution >= 4 is 11.7 Å². The van der Waals surface area contributed by atoms with Crippen molar-refractivity contribution in [3.8, 4) is 0 Å². The van der Waals surface area contributed by atoms with E-state index < -0.39 is 0 Å². The predicted molar refractivity (Wildman–Crippen MR) is 104 cm³/mol. The van der Waals surface area contributed by atoms with Gasteiger partial charge in [-0.15, -0.1) is 0 Å². The van der Waals surface area contributed by atoms with Gasteiger partial charge in [0, 0.05) is 32.1 Å². The fraction of sp³-hybridized carbons (Fsp3) is 0.450. The molecule has 1 amide bonds. The Morgan fingerprint density at radius 2 is 2.15 bits per heavy atom. The minimum atomic E-state index is -0.348. The Labute approximate surface area is 158 Å². The Morgan fingerprint density at radius 3 is 2.89 bits per heavy atom. The van der Waals surface area contributed by atoms with Gasteiger partial charge in [-0.3, -0.25) is 9.59 Å². The zero-order valence-electron chi connectivity index (χ0n) is 15.8. The SMILES string of the molecule is Cc1cccnc1NCCNC(=O)c1c(C)ccn(CC2CCCO2)c1=O. The van der Waals surface area contributed by atoms with Crippen LogP contribution in [0.3, 0.4) is 0 Å². The first-order valence-corrected chi connectivity index (χ1v) is 9.31. The third kappa shape index (κ3) is 4.74. The standard InChI is InChI=1S/C20H26N4O3/c1-14-7-11-24(13-16-6-4-12-27-16)20(26)17(14)19(25)23-10-9-22-18-15(2)5-3-8-21-18/h3,5,7-8,11,16H,4,6,9-10,12-13H2,1-2H3,(H,21,22)(H,23,25). The summed E-state index contributed by atoms with van der Waals surface area (Å²) in [6.45, 7) is 5.90. The predicted octanol–water partition coefficient (Wildman–Crippen LogP) is 1.88. The summed E-state index contributed by atoms with van der Waals surface area (Å²) in [4.78, 5) is 29.5. The molecule has 0 bridgehead atoms. The van der Waals surface area contributed by atoms with Crippen molar-refractivity contribution < 1.29 is 9.53 Å². The molecule has 1 aliphatic heterocycles. The Kier molecular flexibility index (Phi) is 6.24. The average molecular weight is 370 g/mol. The topological polar surface area (TPSA) is 85.2 Å². The molecule has 2 aromatic heterocycles. The zero-order valence-corrected chi connectivity index (χ0v) is 15.8. The summed E-state index contributed by atoms with van der Waals surface area (Å²) in [7, 11) is 0. The van der Waals surface area contributed by atoms with Crippen LogP contribution in [0.25, 0.3) is 0 Å². The molecular formula is C20H26N4O3. The van der Waals surface area contributed by atoms with Crippen molar-refractivity contribution in [3.63, 3.8) is 0 Å². The second-order valence-electron chi connectivity index (χ2n) is 6.82. The molecule has 1 unspecified atom stereocenters. The maximum absolute atomic E-state index is 12.7. The first-order chi connectivity index (χ1) is 13.1. The number of nitrogens with zero attached hydrogens (tertiary/aromatic N) is 2. The average Bonchev–Trinajstić information content (AvgIpc) is 3.16. The van der Waals surface area contributed by atoms with Gasteiger partial charge in [-0.1, -0.05) is 6.07 Å². The first kappa shape index (κ1) is 19.1. The van der Waals surface area contributed by atoms with E-state index >= 15 is 0 Å². The summed E-state index contributed by atoms with van der Waals surface area (Å²) in [5, 5.41) is 6.00. The Morgan fingerprint density at radius 1 is 1.30 bits per heavy atom. The number of carbonyl (C=O) groups is 1. The number of rotatable bonds is 7. The van der Waals surface area contributed by atoms with E-state index in [2.05, 4.69) is 15.6 Å². The van der Waals surface area contributed by atoms with Gasteiger partial charge < -0.3 is 19.9 Å². The Bertz CT molecular complexity index is 857. The molecule has 0 aromatic carbocycles. The molecule has 7 heteroatoms. The van der Waals surface area contributed by atoms with Crippen LogP contribution in [0.1, 0.15) is 34.3 Å². The van der Waals surface area contributed by atoms with Crippen LogP contribution in [0, 0.1) is 13.8 Å². The van der Waals surface area contributed by atoms with E-state index in [9.17, 15) is 9.59 Å². The van der Waals surface area contributed by atoms with Gasteiger partial charge in [0.15, 0.2) is 0 Å². The van der Waals surface area contributed by atoms with E-state index in [0.29, 0.717) is 25.2 Å². The number of hydrogen-bond acceptors (Lipinski definition) is 5. The van der Waals surface area contributed by atoms with E-state index in [0.717, 1.165) is 30.8 Å². The number of pyridine rings is 2. The van der Waals surface area contributed by atoms with Crippen molar-refractivity contribution in [2.45, 2.75) is 39.3 Å². The highest BCUT2D eigenvalue weighted by atomic mass is 16.5. The van der Waals surface area contributed by atoms with Gasteiger partial charge in [-0.2, -0.15) is 0 Å². The molecule has 2 N–H and O–H groups in total. The molecule has 2 aromatic rings. The monoisotopic (exact) mass is 370 g/mol. The Balaban J connectivity index is 1.60. The number of nitrogens with one attached hydrogen (secondary N) is 2. The van der Waals surface area contributed by atoms with Crippen molar-refractivity contribution in [1.29, 1.82) is 0 Å². The number of hydrogen-bond donors (Lipinski definition) is 2. The van der Waals surface area contributed by atoms with Crippen LogP contribution in [-0.4, -0.2) is 41.3 Å². The molecule has 27 heavy (non-hydrogen) atoms. The summed E-state index contributed by atoms with van der Waals surface area (Å²) in [6.07, 6.45) is 5.47. The van der Waals surface area contributed by atoms with Crippen molar-refractivity contribution in [2.75, 3.05) is 25.0 Å². The minimum Gasteiger partial charge on any atom is -0.376 e. The highest BCUT2D eigenvalue weighted by Gasteiger charge is 2.20. The normalized spacial score (nSPS) is 16.3. The summed E-state index contributed by atoms with van der Waals surface area (Å²) in [5.41, 5.74) is 1.65. The summed E-state index contributed by atoms with van der Waals surface area (Å²) >= 11 is 0. The summed E-state index contributed by atoms with van der Waals surface area (Å²) in [5.74, 6) is 0.445. The molecule has 3 rings (SSSR count). The summed E-state index contributed by atoms with van der Waals surface area (Å²) < 4.78 is 7.18. The number of anilines is 1. The molecular weight excluding hydrogens is 344 g/mol. The third-order valence-corrected chi connectivity index (χ3v) is 4.74. The smallest absolute Gasteiger partial charge is 0.263 e. The lowest BCUT2D eigenvalue weighted by Crippen LogP contribution is -2.37. The highest BCUT2D eigenvalue weighted by Crippen LogP contribution is 2.14. The van der Waals surface area contributed by atoms with E-state index in [1.54, 1.807) is 30.0 Å². The molecule has 1 saturated heterocycles. The molecule has 0 saturated carbocycles. The lowest BCUT2D eigenvalue weighted by molar-refractivity contribution is 0.0931. The van der Waals surface area contributed by atoms with Crippen molar-refractivity contribution in [2.24, 2.45) is 0 Å². The Hall–Kier alpha value is -2.67. The first-order valence-electron chi connectivity index (χ1n) is 9.31. The van der Waals surface area contributed by atoms with Crippen LogP contribution in [0.5, 0.6) is 0 Å². The fourth-order valence-electron chi connectivity index (χ4n) is 3.21. The van der Waals surface area contributed by atoms with Gasteiger partial charge in [-0.25, -0.2) is 4.98 Å². The fourth-order valence-corrected chi connectivity index (χ4v) is 3.21. The number of aryl methyl sites for hydroxylation is 2. The zero-order chi connectivity index (χ0) is 19.2. The molecule has 0 radical (unpaired) electrons. The molecule has 0 aliphatic carbocycles. The van der Waals surface area contributed by atoms with Crippen LogP contribution in [0.2, 0.25) is 0 Å². The minimum absolute atomic E-state index is 0.0483. The van der Waals surface area contributed by atoms with Gasteiger partial charge >= 0.3 is 0 Å². The van der Waals surface area contributed by atoms with Crippen molar-refractivity contribution in [3.05, 3.63) is 57.6 Å². The van der Waals surface area contributed by atoms with Crippen LogP contribution in [-0.2, 0) is 11.3 Å². The highest BCUT2D eigenvalue weighted by molar-refractivity contribution is 5.95. The second-order valence-corrected chi connectivity index (χ2v) is 6.82. The number of ether oxygens (including phenoxy) is 1. The second kappa shape index (κ2) is 8.81. The lowest BCUT2D eigenvalue weighted by atomic mass is 10.1. The van der Waals surface area contributed by atoms with E-state index in [4.69, 9.17) is 4.74 Å². The molecule has 1 atom stereocenters. The number of amides is 1. The van der Waals surface area contributed by atoms with Gasteiger partial charge in [0.25, 0.3) is 11.5 Å². The van der Waals surface area contributed by atoms with Crippen LogP contribution >= 0.6 is 0 Å². The van der Waals surface area contributed by atoms with Crippen molar-refractivity contribution in [1.82, 2.24) is 14.9 Å². The quantitative estimate of drug-likeness (QED) is 0.727. The van der Waals surface area contributed by atoms with E-state index in [1.165, 1.54) is 0 Å². The van der Waals surface area contributed by atoms with E-state index in [1.807, 2.05) is 19.1 Å². The molecule has 1 fully saturated rings. The molecule has 0 spiro atoms. The van der Waals surface area contributed by atoms with Crippen LogP contribution in [0.4, 0.5) is 5.82 Å². The van der Waals surface area contributed by atoms with Crippen LogP contribution < -0.4 is 16.2 Å². The maximum Gasteiger partial charge on any atom is 0.263 e. The molecule has 7 nitrogen and oxygen atoms in total. The van der Waals surface area contributed by atoms with Gasteiger partial charge in [0.1, 0.15) is 11.4 Å². The lowest BCUT2D eigenvalue weighted by Gasteiger charge is -2.14. The van der Waals surface area contributed by atoms with Gasteiger partial charge in [0.2, 0.25) is 0 Å². The van der Waals surface area contributed by atoms with Crippen LogP contribution in [0.15, 0.2) is 35.4 Å². The molecule has 1 aliphatic rings. The number of aromatic nitrogens is 2. The van der Waals surface area contributed by atoms with E-state index in [-0.39, 0.29) is 23.1 Å². The largest absolute Gasteiger partial charge is 0.376 e.